The first-order chi connectivity index (χ1) is 15.5. The Morgan fingerprint density at radius 2 is 1.41 bits per heavy atom. The van der Waals surface area contributed by atoms with E-state index in [9.17, 15) is 4.79 Å². The fraction of sp³-hybridized carbons (Fsp3) is 0.240. The van der Waals surface area contributed by atoms with Crippen molar-refractivity contribution in [1.82, 2.24) is 0 Å². The van der Waals surface area contributed by atoms with E-state index in [2.05, 4.69) is 5.92 Å². The Kier molecular flexibility index (Phi) is 9.05. The van der Waals surface area contributed by atoms with Crippen molar-refractivity contribution < 1.29 is 33.2 Å². The van der Waals surface area contributed by atoms with Crippen molar-refractivity contribution in [3.05, 3.63) is 47.5 Å². The number of hydrogen-bond acceptors (Lipinski definition) is 7. The van der Waals surface area contributed by atoms with E-state index in [-0.39, 0.29) is 12.4 Å². The van der Waals surface area contributed by atoms with Gasteiger partial charge in [-0.3, -0.25) is 4.79 Å². The Balaban J connectivity index is 2.28. The summed E-state index contributed by atoms with van der Waals surface area (Å²) in [5, 5.41) is 0. The summed E-state index contributed by atoms with van der Waals surface area (Å²) in [4.78, 5) is 12.4. The number of ketones is 1. The van der Waals surface area contributed by atoms with Gasteiger partial charge in [-0.25, -0.2) is 0 Å². The van der Waals surface area contributed by atoms with Crippen LogP contribution in [0.4, 0.5) is 0 Å². The van der Waals surface area contributed by atoms with Crippen molar-refractivity contribution in [3.63, 3.8) is 0 Å². The molecule has 0 spiro atoms. The molecule has 0 unspecified atom stereocenters. The van der Waals surface area contributed by atoms with Crippen LogP contribution in [0, 0.1) is 12.3 Å². The fourth-order valence-corrected chi connectivity index (χ4v) is 2.87. The summed E-state index contributed by atoms with van der Waals surface area (Å²) in [6.07, 6.45) is 11.4. The van der Waals surface area contributed by atoms with Gasteiger partial charge in [0.15, 0.2) is 28.8 Å². The predicted molar refractivity (Wildman–Crippen MR) is 123 cm³/mol. The van der Waals surface area contributed by atoms with Crippen LogP contribution in [-0.2, 0) is 4.79 Å². The molecule has 168 valence electrons. The number of carbonyl (C=O) groups excluding carboxylic acids is 1. The van der Waals surface area contributed by atoms with Gasteiger partial charge in [0, 0.05) is 11.6 Å². The molecule has 7 nitrogen and oxygen atoms in total. The number of methoxy groups -OCH3 is 5. The molecular weight excluding hydrogens is 412 g/mol. The second kappa shape index (κ2) is 12.0. The van der Waals surface area contributed by atoms with E-state index in [1.165, 1.54) is 40.6 Å². The average molecular weight is 438 g/mol. The maximum absolute atomic E-state index is 12.4. The average Bonchev–Trinajstić information content (AvgIpc) is 2.83. The first-order valence-corrected chi connectivity index (χ1v) is 9.53. The molecule has 0 amide bonds. The van der Waals surface area contributed by atoms with Crippen LogP contribution in [0.15, 0.2) is 36.4 Å². The molecule has 0 radical (unpaired) electrons. The molecule has 0 aliphatic heterocycles. The Hall–Kier alpha value is -4.05. The van der Waals surface area contributed by atoms with Crippen LogP contribution in [0.3, 0.4) is 0 Å². The molecule has 0 heterocycles. The molecule has 0 N–H and O–H groups in total. The number of terminal acetylenes is 1. The van der Waals surface area contributed by atoms with Crippen molar-refractivity contribution in [2.75, 3.05) is 42.2 Å². The van der Waals surface area contributed by atoms with E-state index >= 15 is 0 Å². The van der Waals surface area contributed by atoms with E-state index < -0.39 is 0 Å². The van der Waals surface area contributed by atoms with Crippen LogP contribution < -0.4 is 28.4 Å². The molecule has 0 aromatic heterocycles. The summed E-state index contributed by atoms with van der Waals surface area (Å²) in [7, 11) is 7.63. The molecule has 2 aromatic rings. The molecule has 7 heteroatoms. The molecule has 0 fully saturated rings. The lowest BCUT2D eigenvalue weighted by molar-refractivity contribution is -0.110. The molecule has 0 saturated carbocycles. The van der Waals surface area contributed by atoms with Gasteiger partial charge >= 0.3 is 0 Å². The minimum Gasteiger partial charge on any atom is -0.497 e. The van der Waals surface area contributed by atoms with E-state index in [0.29, 0.717) is 45.6 Å². The van der Waals surface area contributed by atoms with Crippen LogP contribution >= 0.6 is 0 Å². The second-order valence-corrected chi connectivity index (χ2v) is 6.27. The zero-order chi connectivity index (χ0) is 23.5. The van der Waals surface area contributed by atoms with Crippen molar-refractivity contribution in [3.8, 4) is 46.8 Å². The maximum atomic E-state index is 12.4. The summed E-state index contributed by atoms with van der Waals surface area (Å²) >= 11 is 0. The number of rotatable bonds is 11. The van der Waals surface area contributed by atoms with Gasteiger partial charge in [0.25, 0.3) is 0 Å². The van der Waals surface area contributed by atoms with Crippen LogP contribution in [0.5, 0.6) is 34.5 Å². The molecular formula is C25H26O7. The van der Waals surface area contributed by atoms with Gasteiger partial charge in [-0.05, 0) is 42.0 Å². The minimum atomic E-state index is -0.237. The predicted octanol–water partition coefficient (Wildman–Crippen LogP) is 4.04. The summed E-state index contributed by atoms with van der Waals surface area (Å²) < 4.78 is 32.2. The molecule has 2 aromatic carbocycles. The lowest BCUT2D eigenvalue weighted by atomic mass is 10.1. The number of ether oxygens (including phenoxy) is 6. The summed E-state index contributed by atoms with van der Waals surface area (Å²) in [5.41, 5.74) is 1.33. The van der Waals surface area contributed by atoms with Crippen LogP contribution in [0.1, 0.15) is 11.1 Å². The third-order valence-corrected chi connectivity index (χ3v) is 4.37. The number of carbonyl (C=O) groups is 1. The van der Waals surface area contributed by atoms with Crippen LogP contribution in [-0.4, -0.2) is 47.9 Å². The normalized spacial score (nSPS) is 10.6. The van der Waals surface area contributed by atoms with E-state index in [4.69, 9.17) is 34.8 Å². The lowest BCUT2D eigenvalue weighted by Gasteiger charge is -2.14. The highest BCUT2D eigenvalue weighted by Crippen LogP contribution is 2.39. The first kappa shape index (κ1) is 24.2. The highest BCUT2D eigenvalue weighted by molar-refractivity contribution is 6.04. The number of allylic oxidation sites excluding steroid dienone is 2. The Morgan fingerprint density at radius 3 is 1.94 bits per heavy atom. The van der Waals surface area contributed by atoms with Gasteiger partial charge in [0.2, 0.25) is 5.75 Å². The quantitative estimate of drug-likeness (QED) is 0.387. The van der Waals surface area contributed by atoms with Gasteiger partial charge in [0.05, 0.1) is 35.5 Å². The fourth-order valence-electron chi connectivity index (χ4n) is 2.87. The number of hydrogen-bond donors (Lipinski definition) is 0. The van der Waals surface area contributed by atoms with Gasteiger partial charge in [0.1, 0.15) is 12.4 Å². The van der Waals surface area contributed by atoms with E-state index in [1.54, 1.807) is 43.5 Å². The third-order valence-electron chi connectivity index (χ3n) is 4.37. The Morgan fingerprint density at radius 1 is 0.812 bits per heavy atom. The first-order valence-electron chi connectivity index (χ1n) is 9.53. The minimum absolute atomic E-state index is 0.0731. The summed E-state index contributed by atoms with van der Waals surface area (Å²) in [5.74, 6) is 5.02. The van der Waals surface area contributed by atoms with Crippen molar-refractivity contribution in [1.29, 1.82) is 0 Å². The van der Waals surface area contributed by atoms with E-state index in [1.807, 2.05) is 0 Å². The van der Waals surface area contributed by atoms with Gasteiger partial charge < -0.3 is 28.4 Å². The summed E-state index contributed by atoms with van der Waals surface area (Å²) in [6, 6.07) is 6.89. The number of benzene rings is 2. The van der Waals surface area contributed by atoms with Crippen LogP contribution in [0.25, 0.3) is 12.2 Å². The monoisotopic (exact) mass is 438 g/mol. The molecule has 32 heavy (non-hydrogen) atoms. The standard InChI is InChI=1S/C25H26O7/c1-7-12-32-25-21(28-3)13-17(14-22(25)29-4)8-10-19(26)11-9-18-15-20(27-2)16-23(30-5)24(18)31-6/h1,8-11,13-16H,12H2,2-6H3/b10-8+,11-9+. The zero-order valence-corrected chi connectivity index (χ0v) is 18.8. The topological polar surface area (TPSA) is 72.5 Å². The SMILES string of the molecule is C#CCOc1c(OC)cc(/C=C/C(=O)/C=C/c2cc(OC)cc(OC)c2OC)cc1OC. The maximum Gasteiger partial charge on any atom is 0.204 e. The van der Waals surface area contributed by atoms with E-state index in [0.717, 1.165) is 0 Å². The van der Waals surface area contributed by atoms with Crippen molar-refractivity contribution >= 4 is 17.9 Å². The lowest BCUT2D eigenvalue weighted by Crippen LogP contribution is -2.00. The highest BCUT2D eigenvalue weighted by Gasteiger charge is 2.14. The second-order valence-electron chi connectivity index (χ2n) is 6.27. The zero-order valence-electron chi connectivity index (χ0n) is 18.8. The highest BCUT2D eigenvalue weighted by atomic mass is 16.5. The van der Waals surface area contributed by atoms with Crippen molar-refractivity contribution in [2.45, 2.75) is 0 Å². The molecule has 0 aliphatic rings. The van der Waals surface area contributed by atoms with Crippen molar-refractivity contribution in [2.24, 2.45) is 0 Å². The Bertz CT molecular complexity index is 1020. The van der Waals surface area contributed by atoms with Crippen LogP contribution in [0.2, 0.25) is 0 Å². The largest absolute Gasteiger partial charge is 0.497 e. The molecule has 0 aliphatic carbocycles. The molecule has 0 bridgehead atoms. The van der Waals surface area contributed by atoms with Gasteiger partial charge in [-0.2, -0.15) is 0 Å². The molecule has 0 saturated heterocycles. The summed E-state index contributed by atoms with van der Waals surface area (Å²) in [6.45, 7) is 0.0731. The molecule has 2 rings (SSSR count). The smallest absolute Gasteiger partial charge is 0.204 e. The third kappa shape index (κ3) is 5.99. The molecule has 0 atom stereocenters. The van der Waals surface area contributed by atoms with Gasteiger partial charge in [-0.15, -0.1) is 6.42 Å². The van der Waals surface area contributed by atoms with Gasteiger partial charge in [-0.1, -0.05) is 12.0 Å². The Labute approximate surface area is 188 Å².